The Morgan fingerprint density at radius 3 is 2.50 bits per heavy atom. The largest absolute Gasteiger partial charge is 0.270 e. The van der Waals surface area contributed by atoms with E-state index in [1.807, 2.05) is 0 Å². The van der Waals surface area contributed by atoms with Gasteiger partial charge in [0.2, 0.25) is 10.0 Å². The van der Waals surface area contributed by atoms with Crippen LogP contribution in [0.5, 0.6) is 0 Å². The molecule has 2 aromatic rings. The number of aromatic nitrogens is 1. The minimum absolute atomic E-state index is 0.0188. The number of hydrogen-bond donors (Lipinski definition) is 1. The summed E-state index contributed by atoms with van der Waals surface area (Å²) in [6.45, 7) is -0.0195. The Balaban J connectivity index is 2.11. The zero-order valence-electron chi connectivity index (χ0n) is 9.85. The summed E-state index contributed by atoms with van der Waals surface area (Å²) in [5.74, 6) is 0. The molecular weight excluding hydrogens is 344 g/mol. The summed E-state index contributed by atoms with van der Waals surface area (Å²) in [5, 5.41) is 0. The van der Waals surface area contributed by atoms with Crippen molar-refractivity contribution in [2.24, 2.45) is 0 Å². The molecule has 0 saturated heterocycles. The molecule has 0 amide bonds. The lowest BCUT2D eigenvalue weighted by molar-refractivity contribution is 0.581. The van der Waals surface area contributed by atoms with E-state index in [2.05, 4.69) is 9.71 Å². The summed E-state index contributed by atoms with van der Waals surface area (Å²) in [6, 6.07) is 5.77. The smallest absolute Gasteiger partial charge is 0.263 e. The number of halogens is 1. The van der Waals surface area contributed by atoms with E-state index in [1.165, 1.54) is 36.7 Å². The Morgan fingerprint density at radius 2 is 1.95 bits per heavy atom. The fourth-order valence-electron chi connectivity index (χ4n) is 1.34. The Kier molecular flexibility index (Phi) is 4.45. The second-order valence-electron chi connectivity index (χ2n) is 3.67. The maximum absolute atomic E-state index is 11.9. The summed E-state index contributed by atoms with van der Waals surface area (Å²) in [4.78, 5) is 4.31. The van der Waals surface area contributed by atoms with Gasteiger partial charge in [0, 0.05) is 34.5 Å². The normalized spacial score (nSPS) is 12.4. The fourth-order valence-corrected chi connectivity index (χ4v) is 4.46. The van der Waals surface area contributed by atoms with E-state index < -0.39 is 19.1 Å². The van der Waals surface area contributed by atoms with Gasteiger partial charge in [0.25, 0.3) is 9.05 Å². The van der Waals surface area contributed by atoms with Gasteiger partial charge in [0.15, 0.2) is 0 Å². The molecule has 0 unspecified atom stereocenters. The topological polar surface area (TPSA) is 93.2 Å². The molecule has 0 aromatic carbocycles. The molecule has 1 N–H and O–H groups in total. The van der Waals surface area contributed by atoms with Crippen LogP contribution in [0.2, 0.25) is 0 Å². The Bertz CT molecular complexity index is 800. The second-order valence-corrected chi connectivity index (χ2v) is 9.40. The highest BCUT2D eigenvalue weighted by atomic mass is 35.7. The Hall–Kier alpha value is -1.00. The van der Waals surface area contributed by atoms with Crippen LogP contribution >= 0.6 is 22.0 Å². The van der Waals surface area contributed by atoms with Crippen molar-refractivity contribution in [2.75, 3.05) is 0 Å². The maximum Gasteiger partial charge on any atom is 0.270 e. The third-order valence-corrected chi connectivity index (χ3v) is 6.82. The van der Waals surface area contributed by atoms with Crippen LogP contribution in [-0.4, -0.2) is 21.8 Å². The van der Waals surface area contributed by atoms with Crippen molar-refractivity contribution in [1.82, 2.24) is 9.71 Å². The van der Waals surface area contributed by atoms with E-state index in [9.17, 15) is 16.8 Å². The summed E-state index contributed by atoms with van der Waals surface area (Å²) in [5.41, 5.74) is 0. The van der Waals surface area contributed by atoms with Gasteiger partial charge in [-0.1, -0.05) is 0 Å². The molecule has 20 heavy (non-hydrogen) atoms. The predicted octanol–water partition coefficient (Wildman–Crippen LogP) is 1.55. The minimum atomic E-state index is -3.78. The van der Waals surface area contributed by atoms with Crippen LogP contribution in [-0.2, 0) is 25.6 Å². The molecule has 10 heteroatoms. The van der Waals surface area contributed by atoms with E-state index in [-0.39, 0.29) is 15.6 Å². The lowest BCUT2D eigenvalue weighted by atomic mass is 10.5. The zero-order chi connectivity index (χ0) is 14.8. The van der Waals surface area contributed by atoms with Gasteiger partial charge in [0.1, 0.15) is 9.10 Å². The van der Waals surface area contributed by atoms with Crippen LogP contribution in [0.1, 0.15) is 4.88 Å². The fraction of sp³-hybridized carbons (Fsp3) is 0.100. The number of nitrogens with one attached hydrogen (secondary N) is 1. The van der Waals surface area contributed by atoms with Crippen LogP contribution < -0.4 is 4.72 Å². The number of pyridine rings is 1. The number of thiophene rings is 1. The molecule has 0 aliphatic rings. The highest BCUT2D eigenvalue weighted by Gasteiger charge is 2.16. The third-order valence-electron chi connectivity index (χ3n) is 2.26. The van der Waals surface area contributed by atoms with Crippen molar-refractivity contribution in [1.29, 1.82) is 0 Å². The van der Waals surface area contributed by atoms with Crippen molar-refractivity contribution < 1.29 is 16.8 Å². The van der Waals surface area contributed by atoms with Crippen molar-refractivity contribution >= 4 is 41.1 Å². The molecule has 0 aliphatic carbocycles. The van der Waals surface area contributed by atoms with Gasteiger partial charge in [0.05, 0.1) is 0 Å². The molecule has 0 aliphatic heterocycles. The molecule has 0 bridgehead atoms. The van der Waals surface area contributed by atoms with Gasteiger partial charge in [-0.05, 0) is 24.3 Å². The molecular formula is C10H9ClN2O4S3. The van der Waals surface area contributed by atoms with Crippen LogP contribution in [0.4, 0.5) is 0 Å². The van der Waals surface area contributed by atoms with Crippen LogP contribution in [0, 0.1) is 0 Å². The number of nitrogens with zero attached hydrogens (tertiary/aromatic N) is 1. The maximum atomic E-state index is 11.9. The van der Waals surface area contributed by atoms with E-state index in [1.54, 1.807) is 0 Å². The lowest BCUT2D eigenvalue weighted by Crippen LogP contribution is -2.22. The van der Waals surface area contributed by atoms with Gasteiger partial charge in [-0.15, -0.1) is 11.3 Å². The van der Waals surface area contributed by atoms with Gasteiger partial charge < -0.3 is 0 Å². The molecule has 2 aromatic heterocycles. The molecule has 6 nitrogen and oxygen atoms in total. The first-order valence-corrected chi connectivity index (χ1v) is 9.83. The minimum Gasteiger partial charge on any atom is -0.263 e. The Morgan fingerprint density at radius 1 is 1.20 bits per heavy atom. The molecule has 0 spiro atoms. The average molecular weight is 353 g/mol. The molecule has 0 fully saturated rings. The van der Waals surface area contributed by atoms with E-state index in [0.717, 1.165) is 11.3 Å². The highest BCUT2D eigenvalue weighted by Crippen LogP contribution is 2.24. The molecule has 0 radical (unpaired) electrons. The standard InChI is InChI=1S/C10H9ClN2O4S3/c11-19(14,15)10-4-3-8(18-10)6-13-20(16,17)9-2-1-5-12-7-9/h1-5,7,13H,6H2. The molecule has 2 heterocycles. The van der Waals surface area contributed by atoms with Crippen molar-refractivity contribution in [3.05, 3.63) is 41.5 Å². The molecule has 2 rings (SSSR count). The zero-order valence-corrected chi connectivity index (χ0v) is 13.1. The predicted molar refractivity (Wildman–Crippen MR) is 75.6 cm³/mol. The highest BCUT2D eigenvalue weighted by molar-refractivity contribution is 8.15. The Labute approximate surface area is 124 Å². The molecule has 108 valence electrons. The first kappa shape index (κ1) is 15.4. The quantitative estimate of drug-likeness (QED) is 0.824. The SMILES string of the molecule is O=S(=O)(Cl)c1ccc(CNS(=O)(=O)c2cccnc2)s1. The first-order chi connectivity index (χ1) is 9.29. The molecule has 0 saturated carbocycles. The summed E-state index contributed by atoms with van der Waals surface area (Å²) < 4.78 is 48.4. The van der Waals surface area contributed by atoms with Crippen LogP contribution in [0.3, 0.4) is 0 Å². The average Bonchev–Trinajstić information content (AvgIpc) is 2.86. The summed E-state index contributed by atoms with van der Waals surface area (Å²) in [7, 11) is -2.26. The molecule has 0 atom stereocenters. The monoisotopic (exact) mass is 352 g/mol. The van der Waals surface area contributed by atoms with Crippen molar-refractivity contribution in [3.63, 3.8) is 0 Å². The second kappa shape index (κ2) is 5.78. The third kappa shape index (κ3) is 3.76. The van der Waals surface area contributed by atoms with Crippen LogP contribution in [0.15, 0.2) is 45.8 Å². The van der Waals surface area contributed by atoms with Crippen LogP contribution in [0.25, 0.3) is 0 Å². The van der Waals surface area contributed by atoms with Crippen molar-refractivity contribution in [3.8, 4) is 0 Å². The summed E-state index contributed by atoms with van der Waals surface area (Å²) >= 11 is 0.913. The van der Waals surface area contributed by atoms with Gasteiger partial charge in [-0.2, -0.15) is 0 Å². The van der Waals surface area contributed by atoms with Crippen molar-refractivity contribution in [2.45, 2.75) is 15.6 Å². The van der Waals surface area contributed by atoms with E-state index in [0.29, 0.717) is 4.88 Å². The lowest BCUT2D eigenvalue weighted by Gasteiger charge is -2.04. The number of rotatable bonds is 5. The first-order valence-electron chi connectivity index (χ1n) is 5.22. The van der Waals surface area contributed by atoms with Gasteiger partial charge >= 0.3 is 0 Å². The van der Waals surface area contributed by atoms with Gasteiger partial charge in [-0.25, -0.2) is 21.6 Å². The van der Waals surface area contributed by atoms with E-state index >= 15 is 0 Å². The summed E-state index contributed by atoms with van der Waals surface area (Å²) in [6.07, 6.45) is 2.70. The number of hydrogen-bond acceptors (Lipinski definition) is 6. The van der Waals surface area contributed by atoms with Gasteiger partial charge in [-0.3, -0.25) is 4.98 Å². The van der Waals surface area contributed by atoms with E-state index in [4.69, 9.17) is 10.7 Å². The number of sulfonamides is 1.